The molecule has 1 heterocycles. The third-order valence-electron chi connectivity index (χ3n) is 2.89. The van der Waals surface area contributed by atoms with E-state index in [0.717, 1.165) is 17.8 Å². The molecule has 0 saturated heterocycles. The van der Waals surface area contributed by atoms with Gasteiger partial charge in [0.15, 0.2) is 0 Å². The number of aryl methyl sites for hydroxylation is 1. The Morgan fingerprint density at radius 2 is 2.24 bits per heavy atom. The fourth-order valence-corrected chi connectivity index (χ4v) is 1.98. The Labute approximate surface area is 102 Å². The van der Waals surface area contributed by atoms with E-state index in [9.17, 15) is 4.79 Å². The maximum Gasteiger partial charge on any atom is 0.253 e. The summed E-state index contributed by atoms with van der Waals surface area (Å²) in [5.41, 5.74) is 3.05. The maximum atomic E-state index is 11.7. The zero-order valence-electron chi connectivity index (χ0n) is 10.4. The number of carbonyl (C=O) groups is 1. The molecule has 1 aliphatic heterocycles. The molecule has 0 saturated carbocycles. The Morgan fingerprint density at radius 1 is 1.41 bits per heavy atom. The molecule has 0 spiro atoms. The first-order chi connectivity index (χ1) is 8.20. The number of rotatable bonds is 4. The topological polar surface area (TPSA) is 32.7 Å². The highest BCUT2D eigenvalue weighted by atomic mass is 16.2. The average molecular weight is 230 g/mol. The molecule has 0 atom stereocenters. The Bertz CT molecular complexity index is 451. The highest BCUT2D eigenvalue weighted by molar-refractivity contribution is 6.12. The number of amides is 1. The molecular formula is C14H18N2O. The molecule has 0 fully saturated rings. The summed E-state index contributed by atoms with van der Waals surface area (Å²) in [6, 6.07) is 8.11. The lowest BCUT2D eigenvalue weighted by Crippen LogP contribution is -2.19. The number of nitrogens with zero attached hydrogens (tertiary/aromatic N) is 2. The lowest BCUT2D eigenvalue weighted by Gasteiger charge is -2.12. The van der Waals surface area contributed by atoms with Gasteiger partial charge in [-0.3, -0.25) is 4.79 Å². The standard InChI is InChI=1S/C14H18N2O/c1-3-4-6-12-7-5-8-13(10-12)16-14(17)9-11(2)15-16/h5,7-8,10H,3-4,6,9H2,1-2H3. The quantitative estimate of drug-likeness (QED) is 0.782. The summed E-state index contributed by atoms with van der Waals surface area (Å²) in [5.74, 6) is 0.0649. The average Bonchev–Trinajstić information content (AvgIpc) is 2.66. The van der Waals surface area contributed by atoms with E-state index >= 15 is 0 Å². The molecular weight excluding hydrogens is 212 g/mol. The molecule has 1 amide bonds. The summed E-state index contributed by atoms with van der Waals surface area (Å²) >= 11 is 0. The normalized spacial score (nSPS) is 15.3. The van der Waals surface area contributed by atoms with Crippen LogP contribution in [0.1, 0.15) is 38.7 Å². The first-order valence-electron chi connectivity index (χ1n) is 6.16. The van der Waals surface area contributed by atoms with E-state index in [4.69, 9.17) is 0 Å². The van der Waals surface area contributed by atoms with Crippen LogP contribution in [0.2, 0.25) is 0 Å². The van der Waals surface area contributed by atoms with E-state index < -0.39 is 0 Å². The number of benzene rings is 1. The summed E-state index contributed by atoms with van der Waals surface area (Å²) in [4.78, 5) is 11.7. The Kier molecular flexibility index (Phi) is 3.57. The van der Waals surface area contributed by atoms with Crippen LogP contribution in [0.25, 0.3) is 0 Å². The van der Waals surface area contributed by atoms with Crippen LogP contribution in [0.3, 0.4) is 0 Å². The van der Waals surface area contributed by atoms with Crippen molar-refractivity contribution >= 4 is 17.3 Å². The minimum absolute atomic E-state index is 0.0649. The molecule has 0 N–H and O–H groups in total. The SMILES string of the molecule is CCCCc1cccc(N2N=C(C)CC2=O)c1. The molecule has 0 bridgehead atoms. The van der Waals surface area contributed by atoms with Gasteiger partial charge < -0.3 is 0 Å². The molecule has 0 unspecified atom stereocenters. The largest absolute Gasteiger partial charge is 0.272 e. The van der Waals surface area contributed by atoms with E-state index in [2.05, 4.69) is 24.2 Å². The summed E-state index contributed by atoms with van der Waals surface area (Å²) in [7, 11) is 0. The molecule has 2 rings (SSSR count). The van der Waals surface area contributed by atoms with Crippen molar-refractivity contribution in [2.45, 2.75) is 39.5 Å². The fraction of sp³-hybridized carbons (Fsp3) is 0.429. The van der Waals surface area contributed by atoms with Gasteiger partial charge in [0.05, 0.1) is 12.1 Å². The fourth-order valence-electron chi connectivity index (χ4n) is 1.98. The smallest absolute Gasteiger partial charge is 0.253 e. The van der Waals surface area contributed by atoms with Crippen molar-refractivity contribution in [3.63, 3.8) is 0 Å². The molecule has 17 heavy (non-hydrogen) atoms. The summed E-state index contributed by atoms with van der Waals surface area (Å²) in [6.07, 6.45) is 3.87. The Morgan fingerprint density at radius 3 is 2.88 bits per heavy atom. The van der Waals surface area contributed by atoms with Crippen LogP contribution in [-0.4, -0.2) is 11.6 Å². The summed E-state index contributed by atoms with van der Waals surface area (Å²) in [6.45, 7) is 4.07. The van der Waals surface area contributed by atoms with E-state index in [0.29, 0.717) is 6.42 Å². The zero-order valence-corrected chi connectivity index (χ0v) is 10.4. The van der Waals surface area contributed by atoms with E-state index in [1.54, 1.807) is 0 Å². The van der Waals surface area contributed by atoms with Crippen LogP contribution in [0.5, 0.6) is 0 Å². The number of carbonyl (C=O) groups excluding carboxylic acids is 1. The second-order valence-electron chi connectivity index (χ2n) is 4.49. The predicted molar refractivity (Wildman–Crippen MR) is 70.3 cm³/mol. The molecule has 1 aliphatic rings. The van der Waals surface area contributed by atoms with E-state index in [1.165, 1.54) is 23.4 Å². The van der Waals surface area contributed by atoms with Gasteiger partial charge in [-0.05, 0) is 37.5 Å². The van der Waals surface area contributed by atoms with E-state index in [1.807, 2.05) is 19.1 Å². The summed E-state index contributed by atoms with van der Waals surface area (Å²) < 4.78 is 0. The van der Waals surface area contributed by atoms with E-state index in [-0.39, 0.29) is 5.91 Å². The lowest BCUT2D eigenvalue weighted by molar-refractivity contribution is -0.116. The molecule has 3 heteroatoms. The predicted octanol–water partition coefficient (Wildman–Crippen LogP) is 3.14. The van der Waals surface area contributed by atoms with Crippen molar-refractivity contribution in [3.8, 4) is 0 Å². The van der Waals surface area contributed by atoms with Crippen molar-refractivity contribution in [3.05, 3.63) is 29.8 Å². The van der Waals surface area contributed by atoms with Crippen LogP contribution < -0.4 is 5.01 Å². The van der Waals surface area contributed by atoms with Gasteiger partial charge in [0.1, 0.15) is 0 Å². The number of hydrazone groups is 1. The maximum absolute atomic E-state index is 11.7. The zero-order chi connectivity index (χ0) is 12.3. The Balaban J connectivity index is 2.18. The van der Waals surface area contributed by atoms with Crippen LogP contribution in [0.4, 0.5) is 5.69 Å². The van der Waals surface area contributed by atoms with Gasteiger partial charge >= 0.3 is 0 Å². The molecule has 1 aromatic carbocycles. The van der Waals surface area contributed by atoms with Crippen LogP contribution in [-0.2, 0) is 11.2 Å². The van der Waals surface area contributed by atoms with Gasteiger partial charge in [-0.15, -0.1) is 0 Å². The monoisotopic (exact) mass is 230 g/mol. The van der Waals surface area contributed by atoms with Crippen molar-refractivity contribution in [1.82, 2.24) is 0 Å². The second-order valence-corrected chi connectivity index (χ2v) is 4.49. The molecule has 0 aliphatic carbocycles. The van der Waals surface area contributed by atoms with Crippen molar-refractivity contribution < 1.29 is 4.79 Å². The molecule has 0 radical (unpaired) electrons. The van der Waals surface area contributed by atoms with Crippen LogP contribution in [0.15, 0.2) is 29.4 Å². The van der Waals surface area contributed by atoms with Crippen molar-refractivity contribution in [2.24, 2.45) is 5.10 Å². The first kappa shape index (κ1) is 11.8. The molecule has 0 aromatic heterocycles. The minimum Gasteiger partial charge on any atom is -0.272 e. The minimum atomic E-state index is 0.0649. The third kappa shape index (κ3) is 2.73. The van der Waals surface area contributed by atoms with Crippen LogP contribution in [0, 0.1) is 0 Å². The number of unbranched alkanes of at least 4 members (excludes halogenated alkanes) is 1. The van der Waals surface area contributed by atoms with Crippen molar-refractivity contribution in [1.29, 1.82) is 0 Å². The van der Waals surface area contributed by atoms with Gasteiger partial charge in [0.2, 0.25) is 0 Å². The molecule has 3 nitrogen and oxygen atoms in total. The third-order valence-corrected chi connectivity index (χ3v) is 2.89. The molecule has 1 aromatic rings. The van der Waals surface area contributed by atoms with Gasteiger partial charge in [-0.25, -0.2) is 5.01 Å². The highest BCUT2D eigenvalue weighted by Gasteiger charge is 2.22. The Hall–Kier alpha value is -1.64. The second kappa shape index (κ2) is 5.13. The van der Waals surface area contributed by atoms with Gasteiger partial charge in [-0.1, -0.05) is 25.5 Å². The summed E-state index contributed by atoms with van der Waals surface area (Å²) in [5, 5.41) is 5.78. The highest BCUT2D eigenvalue weighted by Crippen LogP contribution is 2.22. The first-order valence-corrected chi connectivity index (χ1v) is 6.16. The number of hydrogen-bond donors (Lipinski definition) is 0. The lowest BCUT2D eigenvalue weighted by atomic mass is 10.1. The van der Waals surface area contributed by atoms with Gasteiger partial charge in [0, 0.05) is 5.71 Å². The van der Waals surface area contributed by atoms with Gasteiger partial charge in [-0.2, -0.15) is 5.10 Å². The number of hydrogen-bond acceptors (Lipinski definition) is 2. The van der Waals surface area contributed by atoms with Gasteiger partial charge in [0.25, 0.3) is 5.91 Å². The van der Waals surface area contributed by atoms with Crippen molar-refractivity contribution in [2.75, 3.05) is 5.01 Å². The molecule has 90 valence electrons. The number of anilines is 1. The van der Waals surface area contributed by atoms with Crippen LogP contribution >= 0.6 is 0 Å².